The van der Waals surface area contributed by atoms with E-state index in [0.29, 0.717) is 23.7 Å². The summed E-state index contributed by atoms with van der Waals surface area (Å²) >= 11 is 0. The van der Waals surface area contributed by atoms with Crippen LogP contribution in [0.3, 0.4) is 0 Å². The van der Waals surface area contributed by atoms with E-state index >= 15 is 0 Å². The van der Waals surface area contributed by atoms with Crippen molar-refractivity contribution in [3.63, 3.8) is 0 Å². The molecule has 23 heavy (non-hydrogen) atoms. The summed E-state index contributed by atoms with van der Waals surface area (Å²) in [6, 6.07) is 5.17. The van der Waals surface area contributed by atoms with E-state index in [2.05, 4.69) is 10.3 Å². The Hall–Kier alpha value is -1.93. The summed E-state index contributed by atoms with van der Waals surface area (Å²) in [4.78, 5) is 0.315. The van der Waals surface area contributed by atoms with Gasteiger partial charge in [-0.1, -0.05) is 5.21 Å². The Labute approximate surface area is 135 Å². The number of piperidine rings is 1. The van der Waals surface area contributed by atoms with Crippen LogP contribution in [-0.2, 0) is 10.0 Å². The Morgan fingerprint density at radius 2 is 2.00 bits per heavy atom. The molecule has 0 unspecified atom stereocenters. The van der Waals surface area contributed by atoms with Gasteiger partial charge in [-0.05, 0) is 43.5 Å². The summed E-state index contributed by atoms with van der Waals surface area (Å²) in [5, 5.41) is 7.81. The van der Waals surface area contributed by atoms with Crippen LogP contribution < -0.4 is 4.74 Å². The van der Waals surface area contributed by atoms with Crippen LogP contribution in [0.4, 0.5) is 0 Å². The molecule has 0 N–H and O–H groups in total. The maximum atomic E-state index is 12.8. The number of hydrogen-bond donors (Lipinski definition) is 0. The second-order valence-corrected chi connectivity index (χ2v) is 7.59. The van der Waals surface area contributed by atoms with E-state index in [1.165, 1.54) is 0 Å². The summed E-state index contributed by atoms with van der Waals surface area (Å²) in [6.07, 6.45) is 4.93. The second kappa shape index (κ2) is 6.29. The molecule has 0 bridgehead atoms. The molecule has 1 aliphatic rings. The first-order valence-electron chi connectivity index (χ1n) is 7.53. The number of nitrogens with zero attached hydrogens (tertiary/aromatic N) is 4. The molecule has 2 heterocycles. The lowest BCUT2D eigenvalue weighted by Gasteiger charge is -2.31. The number of benzene rings is 1. The molecule has 124 valence electrons. The van der Waals surface area contributed by atoms with Crippen LogP contribution in [0.25, 0.3) is 0 Å². The van der Waals surface area contributed by atoms with Crippen molar-refractivity contribution < 1.29 is 13.2 Å². The van der Waals surface area contributed by atoms with Gasteiger partial charge in [0.15, 0.2) is 0 Å². The first kappa shape index (κ1) is 15.9. The predicted octanol–water partition coefficient (Wildman–Crippen LogP) is 1.62. The second-order valence-electron chi connectivity index (χ2n) is 5.65. The molecule has 8 heteroatoms. The lowest BCUT2D eigenvalue weighted by Crippen LogP contribution is -2.39. The van der Waals surface area contributed by atoms with Gasteiger partial charge in [0.05, 0.1) is 24.2 Å². The van der Waals surface area contributed by atoms with Gasteiger partial charge in [-0.25, -0.2) is 13.1 Å². The largest absolute Gasteiger partial charge is 0.496 e. The number of methoxy groups -OCH3 is 1. The molecule has 3 rings (SSSR count). The molecular formula is C15H20N4O3S. The molecular weight excluding hydrogens is 316 g/mol. The average molecular weight is 336 g/mol. The van der Waals surface area contributed by atoms with E-state index < -0.39 is 10.0 Å². The molecule has 0 atom stereocenters. The van der Waals surface area contributed by atoms with Crippen LogP contribution in [-0.4, -0.2) is 47.9 Å². The van der Waals surface area contributed by atoms with Gasteiger partial charge >= 0.3 is 0 Å². The third-order valence-corrected chi connectivity index (χ3v) is 6.14. The molecule has 1 aromatic heterocycles. The Morgan fingerprint density at radius 3 is 2.57 bits per heavy atom. The summed E-state index contributed by atoms with van der Waals surface area (Å²) in [6.45, 7) is 2.81. The smallest absolute Gasteiger partial charge is 0.243 e. The van der Waals surface area contributed by atoms with Crippen molar-refractivity contribution in [1.29, 1.82) is 0 Å². The fourth-order valence-corrected chi connectivity index (χ4v) is 4.48. The van der Waals surface area contributed by atoms with Gasteiger partial charge in [-0.3, -0.25) is 0 Å². The van der Waals surface area contributed by atoms with E-state index in [9.17, 15) is 8.42 Å². The van der Waals surface area contributed by atoms with Crippen LogP contribution in [0.5, 0.6) is 5.75 Å². The van der Waals surface area contributed by atoms with E-state index in [4.69, 9.17) is 4.74 Å². The molecule has 0 saturated carbocycles. The highest BCUT2D eigenvalue weighted by atomic mass is 32.2. The molecule has 1 fully saturated rings. The van der Waals surface area contributed by atoms with Crippen LogP contribution in [0.2, 0.25) is 0 Å². The number of aryl methyl sites for hydroxylation is 1. The number of hydrogen-bond acceptors (Lipinski definition) is 5. The van der Waals surface area contributed by atoms with Crippen molar-refractivity contribution in [3.8, 4) is 5.75 Å². The van der Waals surface area contributed by atoms with E-state index in [1.54, 1.807) is 35.8 Å². The normalized spacial score (nSPS) is 17.3. The van der Waals surface area contributed by atoms with Crippen LogP contribution in [0.1, 0.15) is 24.4 Å². The first-order valence-corrected chi connectivity index (χ1v) is 8.97. The maximum absolute atomic E-state index is 12.8. The molecule has 0 spiro atoms. The van der Waals surface area contributed by atoms with Crippen molar-refractivity contribution >= 4 is 10.0 Å². The highest BCUT2D eigenvalue weighted by Crippen LogP contribution is 2.28. The highest BCUT2D eigenvalue weighted by Gasteiger charge is 2.30. The van der Waals surface area contributed by atoms with Gasteiger partial charge in [0.25, 0.3) is 0 Å². The van der Waals surface area contributed by atoms with Gasteiger partial charge in [0.1, 0.15) is 5.75 Å². The summed E-state index contributed by atoms with van der Waals surface area (Å²) in [7, 11) is -1.89. The topological polar surface area (TPSA) is 77.3 Å². The number of rotatable bonds is 4. The predicted molar refractivity (Wildman–Crippen MR) is 84.8 cm³/mol. The maximum Gasteiger partial charge on any atom is 0.243 e. The number of aromatic nitrogens is 3. The minimum absolute atomic E-state index is 0.210. The summed E-state index contributed by atoms with van der Waals surface area (Å²) < 4.78 is 34.1. The lowest BCUT2D eigenvalue weighted by atomic mass is 10.1. The average Bonchev–Trinajstić information content (AvgIpc) is 3.09. The Morgan fingerprint density at radius 1 is 1.26 bits per heavy atom. The van der Waals surface area contributed by atoms with Crippen LogP contribution >= 0.6 is 0 Å². The fourth-order valence-electron chi connectivity index (χ4n) is 2.92. The van der Waals surface area contributed by atoms with E-state index in [0.717, 1.165) is 18.4 Å². The Balaban J connectivity index is 1.75. The van der Waals surface area contributed by atoms with Crippen molar-refractivity contribution in [1.82, 2.24) is 19.3 Å². The molecule has 1 aromatic carbocycles. The van der Waals surface area contributed by atoms with Gasteiger partial charge in [-0.2, -0.15) is 4.31 Å². The number of ether oxygens (including phenoxy) is 1. The van der Waals surface area contributed by atoms with Crippen molar-refractivity contribution in [3.05, 3.63) is 36.2 Å². The third kappa shape index (κ3) is 3.09. The van der Waals surface area contributed by atoms with Crippen molar-refractivity contribution in [2.24, 2.45) is 0 Å². The molecule has 1 aliphatic heterocycles. The standard InChI is InChI=1S/C15H20N4O3S/c1-12-11-14(3-4-15(12)22-2)23(20,21)18-8-5-13(6-9-18)19-10-7-16-17-19/h3-4,7,10-11,13H,5-6,8-9H2,1-2H3. The van der Waals surface area contributed by atoms with Crippen LogP contribution in [0.15, 0.2) is 35.5 Å². The SMILES string of the molecule is COc1ccc(S(=O)(=O)N2CCC(n3ccnn3)CC2)cc1C. The molecule has 0 radical (unpaired) electrons. The molecule has 1 saturated heterocycles. The summed E-state index contributed by atoms with van der Waals surface area (Å²) in [5.41, 5.74) is 0.811. The minimum Gasteiger partial charge on any atom is -0.496 e. The Kier molecular flexibility index (Phi) is 4.36. The number of sulfonamides is 1. The van der Waals surface area contributed by atoms with Crippen molar-refractivity contribution in [2.45, 2.75) is 30.7 Å². The molecule has 7 nitrogen and oxygen atoms in total. The zero-order valence-corrected chi connectivity index (χ0v) is 14.0. The quantitative estimate of drug-likeness (QED) is 0.848. The fraction of sp³-hybridized carbons (Fsp3) is 0.467. The minimum atomic E-state index is -3.47. The highest BCUT2D eigenvalue weighted by molar-refractivity contribution is 7.89. The van der Waals surface area contributed by atoms with E-state index in [1.807, 2.05) is 17.8 Å². The molecule has 2 aromatic rings. The third-order valence-electron chi connectivity index (χ3n) is 4.24. The monoisotopic (exact) mass is 336 g/mol. The van der Waals surface area contributed by atoms with Gasteiger partial charge in [-0.15, -0.1) is 5.10 Å². The first-order chi connectivity index (χ1) is 11.0. The Bertz CT molecular complexity index is 766. The van der Waals surface area contributed by atoms with Gasteiger partial charge in [0, 0.05) is 19.3 Å². The van der Waals surface area contributed by atoms with Gasteiger partial charge in [0.2, 0.25) is 10.0 Å². The summed E-state index contributed by atoms with van der Waals surface area (Å²) in [5.74, 6) is 0.689. The lowest BCUT2D eigenvalue weighted by molar-refractivity contribution is 0.258. The van der Waals surface area contributed by atoms with Crippen molar-refractivity contribution in [2.75, 3.05) is 20.2 Å². The van der Waals surface area contributed by atoms with Crippen LogP contribution in [0, 0.1) is 6.92 Å². The zero-order chi connectivity index (χ0) is 16.4. The molecule has 0 amide bonds. The van der Waals surface area contributed by atoms with E-state index in [-0.39, 0.29) is 6.04 Å². The molecule has 0 aliphatic carbocycles. The zero-order valence-electron chi connectivity index (χ0n) is 13.2. The van der Waals surface area contributed by atoms with Gasteiger partial charge < -0.3 is 4.74 Å².